The third-order valence-corrected chi connectivity index (χ3v) is 4.62. The molecule has 1 N–H and O–H groups in total. The Labute approximate surface area is 137 Å². The molecule has 1 aromatic heterocycles. The molecule has 112 valence electrons. The molecule has 1 atom stereocenters. The number of benzene rings is 1. The number of halogens is 3. The molecule has 1 unspecified atom stereocenters. The summed E-state index contributed by atoms with van der Waals surface area (Å²) < 4.78 is 15.1. The number of hydrogen-bond donors (Lipinski definition) is 1. The van der Waals surface area contributed by atoms with Crippen molar-refractivity contribution >= 4 is 27.5 Å². The van der Waals surface area contributed by atoms with E-state index in [0.717, 1.165) is 17.7 Å². The average molecular weight is 372 g/mol. The van der Waals surface area contributed by atoms with Gasteiger partial charge in [0.05, 0.1) is 16.8 Å². The Morgan fingerprint density at radius 3 is 2.76 bits per heavy atom. The molecule has 0 aliphatic rings. The zero-order chi connectivity index (χ0) is 15.4. The first kappa shape index (κ1) is 16.4. The monoisotopic (exact) mass is 370 g/mol. The maximum atomic E-state index is 14.5. The van der Waals surface area contributed by atoms with Gasteiger partial charge in [-0.2, -0.15) is 0 Å². The van der Waals surface area contributed by atoms with E-state index in [-0.39, 0.29) is 11.1 Å². The quantitative estimate of drug-likeness (QED) is 0.756. The molecule has 0 bridgehead atoms. The molecular formula is C16H17BrClFN2. The van der Waals surface area contributed by atoms with Crippen molar-refractivity contribution in [1.29, 1.82) is 0 Å². The lowest BCUT2D eigenvalue weighted by Gasteiger charge is -2.21. The summed E-state index contributed by atoms with van der Waals surface area (Å²) in [5.74, 6) is -0.412. The molecule has 0 saturated heterocycles. The number of nitrogens with zero attached hydrogens (tertiary/aromatic N) is 1. The molecule has 0 spiro atoms. The summed E-state index contributed by atoms with van der Waals surface area (Å²) in [7, 11) is 0. The number of aromatic nitrogens is 1. The molecule has 2 rings (SSSR count). The third kappa shape index (κ3) is 3.44. The van der Waals surface area contributed by atoms with Gasteiger partial charge in [0.1, 0.15) is 5.82 Å². The molecule has 0 amide bonds. The highest BCUT2D eigenvalue weighted by Gasteiger charge is 2.22. The first-order chi connectivity index (χ1) is 10.1. The molecular weight excluding hydrogens is 355 g/mol. The van der Waals surface area contributed by atoms with E-state index >= 15 is 0 Å². The highest BCUT2D eigenvalue weighted by atomic mass is 79.9. The van der Waals surface area contributed by atoms with Gasteiger partial charge in [-0.25, -0.2) is 4.39 Å². The Morgan fingerprint density at radius 2 is 2.10 bits per heavy atom. The van der Waals surface area contributed by atoms with Crippen LogP contribution in [0, 0.1) is 5.82 Å². The Balaban J connectivity index is 2.56. The van der Waals surface area contributed by atoms with Crippen molar-refractivity contribution in [2.45, 2.75) is 26.3 Å². The van der Waals surface area contributed by atoms with Crippen molar-refractivity contribution < 1.29 is 4.39 Å². The van der Waals surface area contributed by atoms with E-state index in [1.54, 1.807) is 18.3 Å². The van der Waals surface area contributed by atoms with Gasteiger partial charge >= 0.3 is 0 Å². The number of pyridine rings is 1. The van der Waals surface area contributed by atoms with Gasteiger partial charge in [0.2, 0.25) is 0 Å². The maximum absolute atomic E-state index is 14.5. The second-order valence-corrected chi connectivity index (χ2v) is 5.89. The van der Waals surface area contributed by atoms with Crippen molar-refractivity contribution in [2.24, 2.45) is 0 Å². The van der Waals surface area contributed by atoms with E-state index in [4.69, 9.17) is 11.6 Å². The van der Waals surface area contributed by atoms with E-state index in [1.807, 2.05) is 19.1 Å². The van der Waals surface area contributed by atoms with Crippen LogP contribution in [-0.4, -0.2) is 11.5 Å². The zero-order valence-corrected chi connectivity index (χ0v) is 14.3. The van der Waals surface area contributed by atoms with Crippen LogP contribution in [-0.2, 0) is 6.42 Å². The van der Waals surface area contributed by atoms with Crippen LogP contribution in [0.5, 0.6) is 0 Å². The topological polar surface area (TPSA) is 24.9 Å². The van der Waals surface area contributed by atoms with Crippen LogP contribution in [0.15, 0.2) is 34.9 Å². The highest BCUT2D eigenvalue weighted by Crippen LogP contribution is 2.33. The second-order valence-electron chi connectivity index (χ2n) is 4.66. The lowest BCUT2D eigenvalue weighted by Crippen LogP contribution is -2.25. The molecule has 1 aromatic carbocycles. The van der Waals surface area contributed by atoms with Crippen LogP contribution in [0.3, 0.4) is 0 Å². The Hall–Kier alpha value is -0.970. The van der Waals surface area contributed by atoms with Gasteiger partial charge < -0.3 is 5.32 Å². The van der Waals surface area contributed by atoms with E-state index in [0.29, 0.717) is 16.6 Å². The van der Waals surface area contributed by atoms with Crippen LogP contribution in [0.2, 0.25) is 5.02 Å². The van der Waals surface area contributed by atoms with Gasteiger partial charge in [-0.05, 0) is 46.6 Å². The van der Waals surface area contributed by atoms with Crippen molar-refractivity contribution in [2.75, 3.05) is 6.54 Å². The van der Waals surface area contributed by atoms with Crippen molar-refractivity contribution in [3.8, 4) is 0 Å². The molecule has 1 heterocycles. The fourth-order valence-corrected chi connectivity index (χ4v) is 2.81. The minimum absolute atomic E-state index is 0.101. The van der Waals surface area contributed by atoms with Gasteiger partial charge in [0, 0.05) is 16.2 Å². The predicted molar refractivity (Wildman–Crippen MR) is 88.2 cm³/mol. The third-order valence-electron chi connectivity index (χ3n) is 3.36. The SMILES string of the molecule is CCNC(c1ccc(Br)c(Cl)c1F)c1ncccc1CC. The zero-order valence-electron chi connectivity index (χ0n) is 12.0. The fraction of sp³-hybridized carbons (Fsp3) is 0.312. The van der Waals surface area contributed by atoms with Crippen LogP contribution in [0.1, 0.15) is 36.7 Å². The molecule has 0 fully saturated rings. The van der Waals surface area contributed by atoms with Crippen LogP contribution < -0.4 is 5.32 Å². The van der Waals surface area contributed by atoms with Crippen molar-refractivity contribution in [3.05, 3.63) is 62.6 Å². The minimum Gasteiger partial charge on any atom is -0.305 e. The van der Waals surface area contributed by atoms with E-state index in [9.17, 15) is 4.39 Å². The number of aryl methyl sites for hydroxylation is 1. The van der Waals surface area contributed by atoms with Crippen molar-refractivity contribution in [1.82, 2.24) is 10.3 Å². The summed E-state index contributed by atoms with van der Waals surface area (Å²) >= 11 is 9.26. The second kappa shape index (κ2) is 7.34. The van der Waals surface area contributed by atoms with Gasteiger partial charge in [-0.1, -0.05) is 37.6 Å². The Morgan fingerprint density at radius 1 is 1.33 bits per heavy atom. The van der Waals surface area contributed by atoms with E-state index in [1.165, 1.54) is 0 Å². The Bertz CT molecular complexity index is 634. The van der Waals surface area contributed by atoms with Crippen molar-refractivity contribution in [3.63, 3.8) is 0 Å². The molecule has 21 heavy (non-hydrogen) atoms. The van der Waals surface area contributed by atoms with Gasteiger partial charge in [0.25, 0.3) is 0 Å². The Kier molecular flexibility index (Phi) is 5.73. The highest BCUT2D eigenvalue weighted by molar-refractivity contribution is 9.10. The van der Waals surface area contributed by atoms with Crippen LogP contribution >= 0.6 is 27.5 Å². The molecule has 5 heteroatoms. The van der Waals surface area contributed by atoms with Crippen LogP contribution in [0.25, 0.3) is 0 Å². The smallest absolute Gasteiger partial charge is 0.148 e. The van der Waals surface area contributed by atoms with E-state index in [2.05, 4.69) is 33.2 Å². The average Bonchev–Trinajstić information content (AvgIpc) is 2.51. The summed E-state index contributed by atoms with van der Waals surface area (Å²) in [6.45, 7) is 4.76. The molecule has 2 nitrogen and oxygen atoms in total. The fourth-order valence-electron chi connectivity index (χ4n) is 2.33. The van der Waals surface area contributed by atoms with Gasteiger partial charge in [0.15, 0.2) is 0 Å². The maximum Gasteiger partial charge on any atom is 0.148 e. The molecule has 2 aromatic rings. The summed E-state index contributed by atoms with van der Waals surface area (Å²) in [5.41, 5.74) is 2.46. The van der Waals surface area contributed by atoms with Gasteiger partial charge in [-0.15, -0.1) is 0 Å². The summed E-state index contributed by atoms with van der Waals surface area (Å²) in [5, 5.41) is 3.40. The van der Waals surface area contributed by atoms with E-state index < -0.39 is 5.82 Å². The summed E-state index contributed by atoms with van der Waals surface area (Å²) in [4.78, 5) is 4.45. The first-order valence-electron chi connectivity index (χ1n) is 6.90. The standard InChI is InChI=1S/C16H17BrClFN2/c1-3-10-6-5-9-21-15(10)16(20-4-2)11-7-8-12(17)13(18)14(11)19/h5-9,16,20H,3-4H2,1-2H3. The number of hydrogen-bond acceptors (Lipinski definition) is 2. The molecule has 0 aliphatic carbocycles. The predicted octanol–water partition coefficient (Wildman–Crippen LogP) is 4.90. The lowest BCUT2D eigenvalue weighted by atomic mass is 9.97. The lowest BCUT2D eigenvalue weighted by molar-refractivity contribution is 0.549. The normalized spacial score (nSPS) is 12.4. The molecule has 0 aliphatic heterocycles. The van der Waals surface area contributed by atoms with Gasteiger partial charge in [-0.3, -0.25) is 4.98 Å². The van der Waals surface area contributed by atoms with Crippen LogP contribution in [0.4, 0.5) is 4.39 Å². The molecule has 0 saturated carbocycles. The molecule has 0 radical (unpaired) electrons. The summed E-state index contributed by atoms with van der Waals surface area (Å²) in [6, 6.07) is 7.12. The number of rotatable bonds is 5. The number of nitrogens with one attached hydrogen (secondary N) is 1. The largest absolute Gasteiger partial charge is 0.305 e. The first-order valence-corrected chi connectivity index (χ1v) is 8.07. The minimum atomic E-state index is -0.412. The summed E-state index contributed by atoms with van der Waals surface area (Å²) in [6.07, 6.45) is 2.58.